The Morgan fingerprint density at radius 1 is 1.41 bits per heavy atom. The van der Waals surface area contributed by atoms with Crippen LogP contribution in [0.2, 0.25) is 0 Å². The zero-order valence-corrected chi connectivity index (χ0v) is 10.9. The lowest BCUT2D eigenvalue weighted by Gasteiger charge is -2.29. The summed E-state index contributed by atoms with van der Waals surface area (Å²) in [5, 5.41) is 0. The summed E-state index contributed by atoms with van der Waals surface area (Å²) in [5.41, 5.74) is 5.52. The monoisotopic (exact) mass is 312 g/mol. The molecule has 0 fully saturated rings. The van der Waals surface area contributed by atoms with E-state index in [-0.39, 0.29) is 22.2 Å². The van der Waals surface area contributed by atoms with E-state index in [0.717, 1.165) is 11.2 Å². The van der Waals surface area contributed by atoms with Crippen molar-refractivity contribution in [3.63, 3.8) is 0 Å². The van der Waals surface area contributed by atoms with Crippen LogP contribution in [0, 0.1) is 0 Å². The summed E-state index contributed by atoms with van der Waals surface area (Å²) in [6.45, 7) is 2.21. The second kappa shape index (κ2) is 5.07. The maximum atomic E-state index is 12.5. The number of hydrogen-bond donors (Lipinski definition) is 1. The summed E-state index contributed by atoms with van der Waals surface area (Å²) >= 11 is 3.10. The molecule has 1 aromatic rings. The van der Waals surface area contributed by atoms with E-state index in [2.05, 4.69) is 25.9 Å². The molecule has 0 aromatic carbocycles. The van der Waals surface area contributed by atoms with Gasteiger partial charge in [0.1, 0.15) is 29.0 Å². The molecular weight excluding hydrogens is 301 g/mol. The summed E-state index contributed by atoms with van der Waals surface area (Å²) < 4.78 is 37.6. The van der Waals surface area contributed by atoms with E-state index in [9.17, 15) is 13.2 Å². The minimum atomic E-state index is -4.30. The molecule has 0 aliphatic heterocycles. The van der Waals surface area contributed by atoms with Crippen molar-refractivity contribution in [1.82, 2.24) is 9.97 Å². The van der Waals surface area contributed by atoms with Crippen LogP contribution in [0.3, 0.4) is 0 Å². The molecular formula is C9H12BrF3N4. The van der Waals surface area contributed by atoms with E-state index in [4.69, 9.17) is 5.73 Å². The van der Waals surface area contributed by atoms with Crippen molar-refractivity contribution in [1.29, 1.82) is 0 Å². The highest BCUT2D eigenvalue weighted by atomic mass is 79.9. The van der Waals surface area contributed by atoms with Gasteiger partial charge in [-0.15, -0.1) is 0 Å². The number of nitrogen functional groups attached to an aromatic ring is 1. The molecule has 2 N–H and O–H groups in total. The maximum Gasteiger partial charge on any atom is 0.405 e. The number of halogens is 4. The molecule has 0 saturated carbocycles. The highest BCUT2D eigenvalue weighted by Crippen LogP contribution is 2.31. The van der Waals surface area contributed by atoms with Gasteiger partial charge in [0.2, 0.25) is 0 Å². The smallest absolute Gasteiger partial charge is 0.383 e. The third kappa shape index (κ3) is 3.72. The molecule has 0 radical (unpaired) electrons. The molecule has 0 spiro atoms. The molecule has 96 valence electrons. The van der Waals surface area contributed by atoms with Crippen LogP contribution in [0.4, 0.5) is 24.8 Å². The predicted molar refractivity (Wildman–Crippen MR) is 62.7 cm³/mol. The van der Waals surface area contributed by atoms with Gasteiger partial charge < -0.3 is 10.6 Å². The Morgan fingerprint density at radius 2 is 2.00 bits per heavy atom. The summed E-state index contributed by atoms with van der Waals surface area (Å²) in [7, 11) is 0. The second-order valence-corrected chi connectivity index (χ2v) is 4.53. The predicted octanol–water partition coefficient (Wildman–Crippen LogP) is 2.60. The van der Waals surface area contributed by atoms with Crippen LogP contribution in [0.1, 0.15) is 13.8 Å². The fourth-order valence-corrected chi connectivity index (χ4v) is 1.70. The maximum absolute atomic E-state index is 12.5. The molecule has 0 saturated heterocycles. The first-order valence-electron chi connectivity index (χ1n) is 4.81. The van der Waals surface area contributed by atoms with Crippen LogP contribution in [0.5, 0.6) is 0 Å². The third-order valence-electron chi connectivity index (χ3n) is 2.04. The largest absolute Gasteiger partial charge is 0.405 e. The van der Waals surface area contributed by atoms with E-state index in [1.165, 1.54) is 0 Å². The Hall–Kier alpha value is -1.05. The van der Waals surface area contributed by atoms with E-state index in [0.29, 0.717) is 0 Å². The average molecular weight is 313 g/mol. The SMILES string of the molecule is CC(C)N(CC(F)(F)F)c1ncnc(N)c1Br. The molecule has 0 atom stereocenters. The quantitative estimate of drug-likeness (QED) is 0.932. The molecule has 0 aliphatic rings. The van der Waals surface area contributed by atoms with Crippen LogP contribution in [-0.2, 0) is 0 Å². The van der Waals surface area contributed by atoms with Gasteiger partial charge >= 0.3 is 6.18 Å². The van der Waals surface area contributed by atoms with E-state index >= 15 is 0 Å². The lowest BCUT2D eigenvalue weighted by molar-refractivity contribution is -0.120. The normalized spacial score (nSPS) is 11.9. The first kappa shape index (κ1) is 14.0. The molecule has 0 amide bonds. The van der Waals surface area contributed by atoms with Crippen LogP contribution >= 0.6 is 15.9 Å². The average Bonchev–Trinajstić information content (AvgIpc) is 2.17. The van der Waals surface area contributed by atoms with Crippen molar-refractivity contribution in [2.24, 2.45) is 0 Å². The molecule has 0 bridgehead atoms. The fourth-order valence-electron chi connectivity index (χ4n) is 1.27. The van der Waals surface area contributed by atoms with Crippen molar-refractivity contribution in [2.75, 3.05) is 17.2 Å². The van der Waals surface area contributed by atoms with E-state index in [1.807, 2.05) is 0 Å². The molecule has 8 heteroatoms. The van der Waals surface area contributed by atoms with Gasteiger partial charge in [0.05, 0.1) is 0 Å². The van der Waals surface area contributed by atoms with Crippen molar-refractivity contribution in [3.8, 4) is 0 Å². The Morgan fingerprint density at radius 3 is 2.47 bits per heavy atom. The first-order valence-corrected chi connectivity index (χ1v) is 5.61. The minimum Gasteiger partial charge on any atom is -0.383 e. The Kier molecular flexibility index (Phi) is 4.18. The number of alkyl halides is 3. The van der Waals surface area contributed by atoms with E-state index in [1.54, 1.807) is 13.8 Å². The van der Waals surface area contributed by atoms with Crippen LogP contribution in [0.25, 0.3) is 0 Å². The van der Waals surface area contributed by atoms with Gasteiger partial charge in [0.15, 0.2) is 0 Å². The van der Waals surface area contributed by atoms with E-state index < -0.39 is 12.7 Å². The molecule has 1 heterocycles. The summed E-state index contributed by atoms with van der Waals surface area (Å²) in [6, 6.07) is -0.359. The van der Waals surface area contributed by atoms with Crippen LogP contribution in [-0.4, -0.2) is 28.7 Å². The zero-order valence-electron chi connectivity index (χ0n) is 9.29. The van der Waals surface area contributed by atoms with Crippen molar-refractivity contribution >= 4 is 27.6 Å². The van der Waals surface area contributed by atoms with Crippen molar-refractivity contribution in [2.45, 2.75) is 26.1 Å². The number of rotatable bonds is 3. The first-order chi connectivity index (χ1) is 7.72. The number of nitrogens with zero attached hydrogens (tertiary/aromatic N) is 3. The van der Waals surface area contributed by atoms with Crippen LogP contribution in [0.15, 0.2) is 10.8 Å². The molecule has 0 unspecified atom stereocenters. The molecule has 17 heavy (non-hydrogen) atoms. The fraction of sp³-hybridized carbons (Fsp3) is 0.556. The number of hydrogen-bond acceptors (Lipinski definition) is 4. The van der Waals surface area contributed by atoms with Crippen molar-refractivity contribution < 1.29 is 13.2 Å². The summed E-state index contributed by atoms with van der Waals surface area (Å²) in [4.78, 5) is 8.64. The lowest BCUT2D eigenvalue weighted by Crippen LogP contribution is -2.40. The molecule has 1 rings (SSSR count). The molecule has 1 aromatic heterocycles. The zero-order chi connectivity index (χ0) is 13.2. The Balaban J connectivity index is 3.10. The Bertz CT molecular complexity index is 394. The molecule has 0 aliphatic carbocycles. The van der Waals surface area contributed by atoms with Crippen molar-refractivity contribution in [3.05, 3.63) is 10.8 Å². The Labute approximate surface area is 105 Å². The number of anilines is 2. The minimum absolute atomic E-state index is 0.114. The van der Waals surface area contributed by atoms with Gasteiger partial charge in [0.25, 0.3) is 0 Å². The van der Waals surface area contributed by atoms with Gasteiger partial charge in [-0.05, 0) is 29.8 Å². The van der Waals surface area contributed by atoms with Gasteiger partial charge in [0, 0.05) is 6.04 Å². The highest BCUT2D eigenvalue weighted by molar-refractivity contribution is 9.10. The highest BCUT2D eigenvalue weighted by Gasteiger charge is 2.33. The molecule has 4 nitrogen and oxygen atoms in total. The van der Waals surface area contributed by atoms with Gasteiger partial charge in [-0.25, -0.2) is 9.97 Å². The summed E-state index contributed by atoms with van der Waals surface area (Å²) in [6.07, 6.45) is -3.16. The number of aromatic nitrogens is 2. The summed E-state index contributed by atoms with van der Waals surface area (Å²) in [5.74, 6) is 0.257. The number of nitrogens with two attached hydrogens (primary N) is 1. The standard InChI is InChI=1S/C9H12BrF3N4/c1-5(2)17(3-9(11,12)13)8-6(10)7(14)15-4-16-8/h4-5H,3H2,1-2H3,(H2,14,15,16). The topological polar surface area (TPSA) is 55.0 Å². The second-order valence-electron chi connectivity index (χ2n) is 3.73. The van der Waals surface area contributed by atoms with Gasteiger partial charge in [-0.1, -0.05) is 0 Å². The van der Waals surface area contributed by atoms with Gasteiger partial charge in [-0.2, -0.15) is 13.2 Å². The lowest BCUT2D eigenvalue weighted by atomic mass is 10.3. The third-order valence-corrected chi connectivity index (χ3v) is 2.80. The van der Waals surface area contributed by atoms with Crippen LogP contribution < -0.4 is 10.6 Å². The van der Waals surface area contributed by atoms with Gasteiger partial charge in [-0.3, -0.25) is 0 Å².